The number of hydrogen-bond acceptors (Lipinski definition) is 1. The van der Waals surface area contributed by atoms with Crippen LogP contribution in [0.4, 0.5) is 4.39 Å². The first kappa shape index (κ1) is 12.7. The maximum Gasteiger partial charge on any atom is 0.257 e. The summed E-state index contributed by atoms with van der Waals surface area (Å²) < 4.78 is 13.7. The first-order valence-corrected chi connectivity index (χ1v) is 6.37. The Bertz CT molecular complexity index is 435. The van der Waals surface area contributed by atoms with Crippen LogP contribution in [0.5, 0.6) is 0 Å². The fourth-order valence-corrected chi connectivity index (χ4v) is 2.11. The molecule has 1 aromatic rings. The first-order valence-electron chi connectivity index (χ1n) is 5.46. The van der Waals surface area contributed by atoms with Gasteiger partial charge >= 0.3 is 0 Å². The molecule has 1 aromatic carbocycles. The highest BCUT2D eigenvalue weighted by atomic mass is 35.5. The van der Waals surface area contributed by atoms with Crippen LogP contribution in [0.1, 0.15) is 23.2 Å². The van der Waals surface area contributed by atoms with Crippen molar-refractivity contribution in [2.75, 3.05) is 12.4 Å². The summed E-state index contributed by atoms with van der Waals surface area (Å²) in [5.74, 6) is -0.628. The molecule has 2 nitrogen and oxygen atoms in total. The first-order chi connectivity index (χ1) is 8.15. The molecule has 0 radical (unpaired) electrons. The zero-order valence-corrected chi connectivity index (χ0v) is 10.6. The van der Waals surface area contributed by atoms with E-state index in [2.05, 4.69) is 0 Å². The van der Waals surface area contributed by atoms with E-state index in [1.54, 1.807) is 11.0 Å². The van der Waals surface area contributed by atoms with Crippen molar-refractivity contribution < 1.29 is 9.18 Å². The molecule has 0 atom stereocenters. The van der Waals surface area contributed by atoms with Gasteiger partial charge in [-0.05, 0) is 25.0 Å². The Balaban J connectivity index is 2.25. The van der Waals surface area contributed by atoms with Crippen LogP contribution in [-0.4, -0.2) is 29.3 Å². The van der Waals surface area contributed by atoms with Gasteiger partial charge in [-0.25, -0.2) is 4.39 Å². The zero-order chi connectivity index (χ0) is 12.4. The summed E-state index contributed by atoms with van der Waals surface area (Å²) in [5.41, 5.74) is 0.0227. The Kier molecular flexibility index (Phi) is 3.89. The molecule has 5 heteroatoms. The number of alkyl halides is 1. The summed E-state index contributed by atoms with van der Waals surface area (Å²) in [5, 5.41) is -0.0301. The van der Waals surface area contributed by atoms with Crippen LogP contribution in [0.2, 0.25) is 5.02 Å². The second-order valence-electron chi connectivity index (χ2n) is 4.02. The van der Waals surface area contributed by atoms with Gasteiger partial charge in [0.25, 0.3) is 5.91 Å². The third-order valence-corrected chi connectivity index (χ3v) is 3.22. The number of halogens is 3. The third kappa shape index (κ3) is 2.72. The van der Waals surface area contributed by atoms with Gasteiger partial charge in [0.05, 0.1) is 10.6 Å². The summed E-state index contributed by atoms with van der Waals surface area (Å²) in [6, 6.07) is 4.66. The average Bonchev–Trinajstić information content (AvgIpc) is 3.13. The molecule has 0 aliphatic heterocycles. The van der Waals surface area contributed by atoms with Crippen molar-refractivity contribution in [3.8, 4) is 0 Å². The Morgan fingerprint density at radius 2 is 2.18 bits per heavy atom. The van der Waals surface area contributed by atoms with E-state index in [1.165, 1.54) is 12.1 Å². The predicted molar refractivity (Wildman–Crippen MR) is 66.2 cm³/mol. The molecule has 17 heavy (non-hydrogen) atoms. The van der Waals surface area contributed by atoms with Gasteiger partial charge in [-0.15, -0.1) is 11.6 Å². The summed E-state index contributed by atoms with van der Waals surface area (Å²) in [4.78, 5) is 13.8. The number of amides is 1. The predicted octanol–water partition coefficient (Wildman–Crippen LogP) is 3.32. The zero-order valence-electron chi connectivity index (χ0n) is 9.13. The fourth-order valence-electron chi connectivity index (χ4n) is 1.75. The summed E-state index contributed by atoms with van der Waals surface area (Å²) >= 11 is 11.3. The molecule has 1 aliphatic carbocycles. The van der Waals surface area contributed by atoms with Gasteiger partial charge in [-0.1, -0.05) is 17.7 Å². The third-order valence-electron chi connectivity index (χ3n) is 2.76. The highest BCUT2D eigenvalue weighted by molar-refractivity contribution is 6.31. The molecule has 0 aromatic heterocycles. The molecule has 0 bridgehead atoms. The van der Waals surface area contributed by atoms with Crippen molar-refractivity contribution in [1.29, 1.82) is 0 Å². The number of rotatable bonds is 4. The Labute approximate surface area is 109 Å². The van der Waals surface area contributed by atoms with E-state index < -0.39 is 5.82 Å². The highest BCUT2D eigenvalue weighted by Crippen LogP contribution is 2.29. The van der Waals surface area contributed by atoms with Crippen molar-refractivity contribution in [2.45, 2.75) is 18.9 Å². The fraction of sp³-hybridized carbons (Fsp3) is 0.417. The molecule has 1 saturated carbocycles. The maximum absolute atomic E-state index is 13.7. The van der Waals surface area contributed by atoms with E-state index in [9.17, 15) is 9.18 Å². The Morgan fingerprint density at radius 3 is 2.76 bits per heavy atom. The number of carbonyl (C=O) groups is 1. The molecular weight excluding hydrogens is 264 g/mol. The monoisotopic (exact) mass is 275 g/mol. The molecule has 1 aliphatic rings. The molecule has 0 spiro atoms. The number of benzene rings is 1. The topological polar surface area (TPSA) is 20.3 Å². The van der Waals surface area contributed by atoms with Crippen molar-refractivity contribution >= 4 is 29.1 Å². The molecule has 2 rings (SSSR count). The smallest absolute Gasteiger partial charge is 0.257 e. The van der Waals surface area contributed by atoms with Crippen molar-refractivity contribution in [1.82, 2.24) is 4.90 Å². The van der Waals surface area contributed by atoms with Gasteiger partial charge in [0, 0.05) is 18.5 Å². The van der Waals surface area contributed by atoms with Crippen LogP contribution < -0.4 is 0 Å². The van der Waals surface area contributed by atoms with Crippen LogP contribution in [-0.2, 0) is 0 Å². The molecule has 92 valence electrons. The van der Waals surface area contributed by atoms with E-state index in [0.717, 1.165) is 12.8 Å². The largest absolute Gasteiger partial charge is 0.334 e. The minimum absolute atomic E-state index is 0.0227. The quantitative estimate of drug-likeness (QED) is 0.772. The van der Waals surface area contributed by atoms with Gasteiger partial charge in [0.1, 0.15) is 0 Å². The average molecular weight is 276 g/mol. The summed E-state index contributed by atoms with van der Waals surface area (Å²) in [6.07, 6.45) is 1.93. The van der Waals surface area contributed by atoms with Crippen molar-refractivity contribution in [2.24, 2.45) is 0 Å². The van der Waals surface area contributed by atoms with Crippen LogP contribution in [0, 0.1) is 5.82 Å². The van der Waals surface area contributed by atoms with Gasteiger partial charge in [-0.3, -0.25) is 4.79 Å². The van der Waals surface area contributed by atoms with Gasteiger partial charge in [0.15, 0.2) is 5.82 Å². The normalized spacial score (nSPS) is 14.8. The molecule has 1 amide bonds. The van der Waals surface area contributed by atoms with E-state index in [1.807, 2.05) is 0 Å². The lowest BCUT2D eigenvalue weighted by Crippen LogP contribution is -2.35. The van der Waals surface area contributed by atoms with Gasteiger partial charge in [-0.2, -0.15) is 0 Å². The summed E-state index contributed by atoms with van der Waals surface area (Å²) in [7, 11) is 0. The highest BCUT2D eigenvalue weighted by Gasteiger charge is 2.33. The standard InChI is InChI=1S/C12H12Cl2FNO/c13-6-7-16(8-4-5-8)12(17)9-2-1-3-10(14)11(9)15/h1-3,8H,4-7H2. The van der Waals surface area contributed by atoms with Crippen LogP contribution in [0.25, 0.3) is 0 Å². The number of carbonyl (C=O) groups excluding carboxylic acids is 1. The minimum atomic E-state index is -0.653. The van der Waals surface area contributed by atoms with E-state index in [0.29, 0.717) is 12.4 Å². The lowest BCUT2D eigenvalue weighted by Gasteiger charge is -2.21. The number of hydrogen-bond donors (Lipinski definition) is 0. The Morgan fingerprint density at radius 1 is 1.47 bits per heavy atom. The summed E-state index contributed by atoms with van der Waals surface area (Å²) in [6.45, 7) is 0.441. The molecule has 0 N–H and O–H groups in total. The van der Waals surface area contributed by atoms with Crippen molar-refractivity contribution in [3.63, 3.8) is 0 Å². The lowest BCUT2D eigenvalue weighted by molar-refractivity contribution is 0.0749. The van der Waals surface area contributed by atoms with E-state index in [4.69, 9.17) is 23.2 Å². The van der Waals surface area contributed by atoms with Crippen molar-refractivity contribution in [3.05, 3.63) is 34.6 Å². The number of nitrogens with zero attached hydrogens (tertiary/aromatic N) is 1. The molecular formula is C12H12Cl2FNO. The second-order valence-corrected chi connectivity index (χ2v) is 4.81. The molecule has 0 heterocycles. The van der Waals surface area contributed by atoms with Gasteiger partial charge < -0.3 is 4.90 Å². The second kappa shape index (κ2) is 5.23. The SMILES string of the molecule is O=C(c1cccc(Cl)c1F)N(CCCl)C1CC1. The van der Waals surface area contributed by atoms with Crippen LogP contribution >= 0.6 is 23.2 Å². The van der Waals surface area contributed by atoms with E-state index in [-0.39, 0.29) is 22.5 Å². The van der Waals surface area contributed by atoms with Crippen LogP contribution in [0.15, 0.2) is 18.2 Å². The lowest BCUT2D eigenvalue weighted by atomic mass is 10.2. The Hall–Kier alpha value is -0.800. The molecule has 0 unspecified atom stereocenters. The van der Waals surface area contributed by atoms with Crippen LogP contribution in [0.3, 0.4) is 0 Å². The van der Waals surface area contributed by atoms with Gasteiger partial charge in [0.2, 0.25) is 0 Å². The van der Waals surface area contributed by atoms with E-state index >= 15 is 0 Å². The molecule has 0 saturated heterocycles. The minimum Gasteiger partial charge on any atom is -0.334 e. The molecule has 1 fully saturated rings. The maximum atomic E-state index is 13.7.